The summed E-state index contributed by atoms with van der Waals surface area (Å²) in [5.74, 6) is 0.275. The fourth-order valence-corrected chi connectivity index (χ4v) is 1.90. The van der Waals surface area contributed by atoms with Crippen LogP contribution in [0.3, 0.4) is 0 Å². The Morgan fingerprint density at radius 1 is 1.18 bits per heavy atom. The van der Waals surface area contributed by atoms with E-state index in [4.69, 9.17) is 5.73 Å². The Bertz CT molecular complexity index is 206. The predicted molar refractivity (Wildman–Crippen MR) is 73.8 cm³/mol. The molecule has 0 saturated heterocycles. The second-order valence-electron chi connectivity index (χ2n) is 5.05. The van der Waals surface area contributed by atoms with E-state index in [0.717, 1.165) is 25.7 Å². The van der Waals surface area contributed by atoms with E-state index in [9.17, 15) is 4.79 Å². The second-order valence-corrected chi connectivity index (χ2v) is 5.05. The highest BCUT2D eigenvalue weighted by Crippen LogP contribution is 2.09. The molecule has 102 valence electrons. The minimum absolute atomic E-state index is 0.0221. The van der Waals surface area contributed by atoms with Crippen LogP contribution in [0.15, 0.2) is 0 Å². The summed E-state index contributed by atoms with van der Waals surface area (Å²) < 4.78 is 0. The summed E-state index contributed by atoms with van der Waals surface area (Å²) in [7, 11) is 0. The van der Waals surface area contributed by atoms with Crippen LogP contribution in [0.25, 0.3) is 0 Å². The summed E-state index contributed by atoms with van der Waals surface area (Å²) in [6.45, 7) is 8.43. The molecule has 3 N–H and O–H groups in total. The van der Waals surface area contributed by atoms with E-state index < -0.39 is 0 Å². The van der Waals surface area contributed by atoms with Gasteiger partial charge in [-0.15, -0.1) is 0 Å². The minimum atomic E-state index is -0.360. The van der Waals surface area contributed by atoms with Crippen molar-refractivity contribution in [2.24, 2.45) is 11.7 Å². The van der Waals surface area contributed by atoms with E-state index >= 15 is 0 Å². The zero-order chi connectivity index (χ0) is 13.3. The van der Waals surface area contributed by atoms with E-state index in [1.807, 2.05) is 6.92 Å². The first-order valence-corrected chi connectivity index (χ1v) is 7.12. The Balaban J connectivity index is 4.18. The summed E-state index contributed by atoms with van der Waals surface area (Å²) in [5, 5.41) is 3.10. The summed E-state index contributed by atoms with van der Waals surface area (Å²) in [6, 6.07) is -0.0523. The Morgan fingerprint density at radius 3 is 2.29 bits per heavy atom. The van der Waals surface area contributed by atoms with E-state index in [-0.39, 0.29) is 17.9 Å². The zero-order valence-electron chi connectivity index (χ0n) is 12.0. The molecule has 1 amide bonds. The monoisotopic (exact) mass is 242 g/mol. The maximum absolute atomic E-state index is 12.0. The lowest BCUT2D eigenvalue weighted by molar-refractivity contribution is -0.124. The first kappa shape index (κ1) is 16.4. The van der Waals surface area contributed by atoms with Crippen LogP contribution >= 0.6 is 0 Å². The number of carbonyl (C=O) groups excluding carboxylic acids is 1. The molecule has 3 nitrogen and oxygen atoms in total. The van der Waals surface area contributed by atoms with Gasteiger partial charge in [0.25, 0.3) is 0 Å². The van der Waals surface area contributed by atoms with Gasteiger partial charge in [0, 0.05) is 6.04 Å². The summed E-state index contributed by atoms with van der Waals surface area (Å²) in [6.07, 6.45) is 6.52. The quantitative estimate of drug-likeness (QED) is 0.653. The maximum Gasteiger partial charge on any atom is 0.237 e. The summed E-state index contributed by atoms with van der Waals surface area (Å²) in [5.41, 5.74) is 5.93. The number of unbranched alkanes of at least 4 members (excludes halogenated alkanes) is 1. The van der Waals surface area contributed by atoms with Crippen molar-refractivity contribution < 1.29 is 4.79 Å². The van der Waals surface area contributed by atoms with Gasteiger partial charge < -0.3 is 11.1 Å². The Labute approximate surface area is 107 Å². The molecule has 0 aliphatic rings. The van der Waals surface area contributed by atoms with E-state index in [2.05, 4.69) is 26.1 Å². The number of amides is 1. The second kappa shape index (κ2) is 9.46. The van der Waals surface area contributed by atoms with Crippen molar-refractivity contribution in [2.45, 2.75) is 78.3 Å². The highest BCUT2D eigenvalue weighted by Gasteiger charge is 2.21. The highest BCUT2D eigenvalue weighted by atomic mass is 16.2. The number of carbonyl (C=O) groups is 1. The number of nitrogens with two attached hydrogens (primary N) is 1. The molecule has 0 fully saturated rings. The van der Waals surface area contributed by atoms with E-state index in [1.165, 1.54) is 12.8 Å². The molecule has 0 bridgehead atoms. The maximum atomic E-state index is 12.0. The van der Waals surface area contributed by atoms with Crippen molar-refractivity contribution in [3.63, 3.8) is 0 Å². The molecule has 0 rings (SSSR count). The Morgan fingerprint density at radius 2 is 1.82 bits per heavy atom. The van der Waals surface area contributed by atoms with Crippen molar-refractivity contribution in [3.8, 4) is 0 Å². The average molecular weight is 242 g/mol. The summed E-state index contributed by atoms with van der Waals surface area (Å²) in [4.78, 5) is 12.0. The average Bonchev–Trinajstić information content (AvgIpc) is 2.34. The summed E-state index contributed by atoms with van der Waals surface area (Å²) >= 11 is 0. The number of hydrogen-bond donors (Lipinski definition) is 2. The molecule has 0 aromatic rings. The van der Waals surface area contributed by atoms with Gasteiger partial charge in [-0.2, -0.15) is 0 Å². The standard InChI is InChI=1S/C14H30N2O/c1-5-8-10-12(9-6-2)16-14(17)13(15)11(4)7-3/h11-13H,5-10,15H2,1-4H3,(H,16,17). The van der Waals surface area contributed by atoms with Crippen LogP contribution in [0, 0.1) is 5.92 Å². The van der Waals surface area contributed by atoms with Crippen molar-refractivity contribution in [2.75, 3.05) is 0 Å². The molecule has 0 radical (unpaired) electrons. The zero-order valence-corrected chi connectivity index (χ0v) is 12.0. The SMILES string of the molecule is CCCCC(CCC)NC(=O)C(N)C(C)CC. The lowest BCUT2D eigenvalue weighted by Gasteiger charge is -2.23. The van der Waals surface area contributed by atoms with Crippen molar-refractivity contribution in [1.29, 1.82) is 0 Å². The normalized spacial score (nSPS) is 16.3. The molecule has 0 saturated carbocycles. The molecule has 0 aliphatic carbocycles. The van der Waals surface area contributed by atoms with Gasteiger partial charge in [0.2, 0.25) is 5.91 Å². The van der Waals surface area contributed by atoms with Gasteiger partial charge in [-0.3, -0.25) is 4.79 Å². The molecule has 0 spiro atoms. The van der Waals surface area contributed by atoms with Crippen LogP contribution in [-0.2, 0) is 4.79 Å². The number of hydrogen-bond acceptors (Lipinski definition) is 2. The van der Waals surface area contributed by atoms with Gasteiger partial charge in [-0.25, -0.2) is 0 Å². The molecule has 3 heteroatoms. The third-order valence-electron chi connectivity index (χ3n) is 3.45. The van der Waals surface area contributed by atoms with Crippen molar-refractivity contribution in [3.05, 3.63) is 0 Å². The fraction of sp³-hybridized carbons (Fsp3) is 0.929. The first-order valence-electron chi connectivity index (χ1n) is 7.12. The minimum Gasteiger partial charge on any atom is -0.352 e. The van der Waals surface area contributed by atoms with Crippen LogP contribution in [0.5, 0.6) is 0 Å². The smallest absolute Gasteiger partial charge is 0.237 e. The Kier molecular flexibility index (Phi) is 9.14. The molecule has 3 atom stereocenters. The van der Waals surface area contributed by atoms with Crippen LogP contribution in [0.1, 0.15) is 66.2 Å². The molecular weight excluding hydrogens is 212 g/mol. The third-order valence-corrected chi connectivity index (χ3v) is 3.45. The largest absolute Gasteiger partial charge is 0.352 e. The third kappa shape index (κ3) is 6.67. The van der Waals surface area contributed by atoms with Crippen molar-refractivity contribution in [1.82, 2.24) is 5.32 Å². The fourth-order valence-electron chi connectivity index (χ4n) is 1.90. The van der Waals surface area contributed by atoms with Gasteiger partial charge >= 0.3 is 0 Å². The Hall–Kier alpha value is -0.570. The predicted octanol–water partition coefficient (Wildman–Crippen LogP) is 2.83. The van der Waals surface area contributed by atoms with Gasteiger partial charge in [-0.1, -0.05) is 53.4 Å². The van der Waals surface area contributed by atoms with Gasteiger partial charge in [0.15, 0.2) is 0 Å². The van der Waals surface area contributed by atoms with Crippen LogP contribution in [-0.4, -0.2) is 18.0 Å². The number of rotatable bonds is 9. The van der Waals surface area contributed by atoms with Gasteiger partial charge in [0.05, 0.1) is 6.04 Å². The molecule has 0 heterocycles. The number of nitrogens with one attached hydrogen (secondary N) is 1. The molecular formula is C14H30N2O. The van der Waals surface area contributed by atoms with Crippen molar-refractivity contribution >= 4 is 5.91 Å². The van der Waals surface area contributed by atoms with E-state index in [0.29, 0.717) is 6.04 Å². The molecule has 0 aromatic heterocycles. The lowest BCUT2D eigenvalue weighted by Crippen LogP contribution is -2.48. The topological polar surface area (TPSA) is 55.1 Å². The van der Waals surface area contributed by atoms with E-state index in [1.54, 1.807) is 0 Å². The molecule has 3 unspecified atom stereocenters. The molecule has 0 aromatic carbocycles. The highest BCUT2D eigenvalue weighted by molar-refractivity contribution is 5.82. The lowest BCUT2D eigenvalue weighted by atomic mass is 9.98. The molecule has 17 heavy (non-hydrogen) atoms. The first-order chi connectivity index (χ1) is 8.06. The van der Waals surface area contributed by atoms with Crippen LogP contribution < -0.4 is 11.1 Å². The van der Waals surface area contributed by atoms with Gasteiger partial charge in [-0.05, 0) is 18.8 Å². The van der Waals surface area contributed by atoms with Crippen LogP contribution in [0.2, 0.25) is 0 Å². The van der Waals surface area contributed by atoms with Gasteiger partial charge in [0.1, 0.15) is 0 Å². The van der Waals surface area contributed by atoms with Crippen LogP contribution in [0.4, 0.5) is 0 Å². The molecule has 0 aliphatic heterocycles.